The van der Waals surface area contributed by atoms with Crippen LogP contribution in [0.4, 0.5) is 11.4 Å². The fourth-order valence-corrected chi connectivity index (χ4v) is 5.71. The summed E-state index contributed by atoms with van der Waals surface area (Å²) in [6.45, 7) is 2.33. The Morgan fingerprint density at radius 3 is 2.63 bits per heavy atom. The zero-order valence-electron chi connectivity index (χ0n) is 16.9. The van der Waals surface area contributed by atoms with Gasteiger partial charge in [0.05, 0.1) is 30.0 Å². The maximum Gasteiger partial charge on any atom is 0.272 e. The molecule has 2 bridgehead atoms. The number of pyridine rings is 1. The van der Waals surface area contributed by atoms with Gasteiger partial charge in [-0.1, -0.05) is 6.07 Å². The summed E-state index contributed by atoms with van der Waals surface area (Å²) in [5, 5.41) is 3.38. The van der Waals surface area contributed by atoms with Gasteiger partial charge < -0.3 is 15.0 Å². The van der Waals surface area contributed by atoms with Crippen LogP contribution in [0.15, 0.2) is 35.4 Å². The van der Waals surface area contributed by atoms with Crippen molar-refractivity contribution in [1.29, 1.82) is 0 Å². The van der Waals surface area contributed by atoms with Gasteiger partial charge in [-0.2, -0.15) is 0 Å². The number of sulfone groups is 1. The molecule has 8 heteroatoms. The number of benzene rings is 1. The molecule has 1 aliphatic heterocycles. The highest BCUT2D eigenvalue weighted by atomic mass is 32.2. The van der Waals surface area contributed by atoms with E-state index < -0.39 is 9.84 Å². The van der Waals surface area contributed by atoms with Crippen LogP contribution in [0.25, 0.3) is 0 Å². The van der Waals surface area contributed by atoms with Crippen molar-refractivity contribution >= 4 is 27.1 Å². The summed E-state index contributed by atoms with van der Waals surface area (Å²) in [4.78, 5) is 19.9. The van der Waals surface area contributed by atoms with E-state index in [-0.39, 0.29) is 10.8 Å². The number of rotatable bonds is 4. The SMILES string of the molecule is CS(=O)(=O)c1cccc(Nc2cnc(C(=O)N3CCOCC3)c3c2C2CCC3C2)c1. The number of fused-ring (bicyclic) bond motifs is 5. The van der Waals surface area contributed by atoms with E-state index in [9.17, 15) is 13.2 Å². The molecule has 1 aromatic heterocycles. The van der Waals surface area contributed by atoms with E-state index in [1.807, 2.05) is 11.0 Å². The topological polar surface area (TPSA) is 88.6 Å². The molecule has 3 aliphatic rings. The van der Waals surface area contributed by atoms with Crippen molar-refractivity contribution in [3.8, 4) is 0 Å². The molecule has 0 spiro atoms. The fourth-order valence-electron chi connectivity index (χ4n) is 5.05. The first-order chi connectivity index (χ1) is 14.4. The summed E-state index contributed by atoms with van der Waals surface area (Å²) in [7, 11) is -3.28. The third-order valence-electron chi connectivity index (χ3n) is 6.45. The third kappa shape index (κ3) is 3.37. The van der Waals surface area contributed by atoms with Gasteiger partial charge in [-0.15, -0.1) is 0 Å². The van der Waals surface area contributed by atoms with Gasteiger partial charge >= 0.3 is 0 Å². The lowest BCUT2D eigenvalue weighted by Crippen LogP contribution is -2.41. The molecular formula is C22H25N3O4S. The predicted octanol–water partition coefficient (Wildman–Crippen LogP) is 3.07. The maximum atomic E-state index is 13.2. The molecule has 1 amide bonds. The van der Waals surface area contributed by atoms with Crippen molar-refractivity contribution in [1.82, 2.24) is 9.88 Å². The van der Waals surface area contributed by atoms with E-state index in [1.54, 1.807) is 24.4 Å². The minimum Gasteiger partial charge on any atom is -0.378 e. The quantitative estimate of drug-likeness (QED) is 0.807. The highest BCUT2D eigenvalue weighted by molar-refractivity contribution is 7.90. The van der Waals surface area contributed by atoms with Crippen LogP contribution in [0.2, 0.25) is 0 Å². The molecule has 1 aromatic carbocycles. The van der Waals surface area contributed by atoms with Gasteiger partial charge in [0.1, 0.15) is 5.69 Å². The molecule has 1 N–H and O–H groups in total. The number of aromatic nitrogens is 1. The first kappa shape index (κ1) is 19.5. The Labute approximate surface area is 176 Å². The van der Waals surface area contributed by atoms with E-state index >= 15 is 0 Å². The highest BCUT2D eigenvalue weighted by Gasteiger charge is 2.42. The number of morpholine rings is 1. The second-order valence-corrected chi connectivity index (χ2v) is 10.4. The molecule has 2 aromatic rings. The average molecular weight is 428 g/mol. The van der Waals surface area contributed by atoms with Crippen molar-refractivity contribution in [2.24, 2.45) is 0 Å². The van der Waals surface area contributed by atoms with E-state index in [0.29, 0.717) is 49.5 Å². The van der Waals surface area contributed by atoms with Crippen molar-refractivity contribution in [3.63, 3.8) is 0 Å². The van der Waals surface area contributed by atoms with Gasteiger partial charge in [-0.05, 0) is 60.4 Å². The summed E-state index contributed by atoms with van der Waals surface area (Å²) >= 11 is 0. The Hall–Kier alpha value is -2.45. The Kier molecular flexibility index (Phi) is 4.78. The normalized spacial score (nSPS) is 22.8. The number of anilines is 2. The van der Waals surface area contributed by atoms with Crippen LogP contribution in [0.3, 0.4) is 0 Å². The number of nitrogens with one attached hydrogen (secondary N) is 1. The van der Waals surface area contributed by atoms with Gasteiger partial charge in [0, 0.05) is 25.0 Å². The van der Waals surface area contributed by atoms with Crippen LogP contribution in [0.5, 0.6) is 0 Å². The fraction of sp³-hybridized carbons (Fsp3) is 0.455. The molecule has 2 atom stereocenters. The molecule has 5 rings (SSSR count). The average Bonchev–Trinajstić information content (AvgIpc) is 3.37. The van der Waals surface area contributed by atoms with Crippen molar-refractivity contribution < 1.29 is 17.9 Å². The van der Waals surface area contributed by atoms with Crippen LogP contribution >= 0.6 is 0 Å². The maximum absolute atomic E-state index is 13.2. The van der Waals surface area contributed by atoms with Crippen LogP contribution in [-0.4, -0.2) is 56.8 Å². The molecule has 2 unspecified atom stereocenters. The number of ether oxygens (including phenoxy) is 1. The number of amides is 1. The van der Waals surface area contributed by atoms with E-state index in [1.165, 1.54) is 11.8 Å². The Morgan fingerprint density at radius 1 is 1.17 bits per heavy atom. The Bertz CT molecular complexity index is 1110. The van der Waals surface area contributed by atoms with Crippen LogP contribution in [0, 0.1) is 0 Å². The molecule has 7 nitrogen and oxygen atoms in total. The molecule has 1 saturated heterocycles. The number of carbonyl (C=O) groups is 1. The monoisotopic (exact) mass is 427 g/mol. The summed E-state index contributed by atoms with van der Waals surface area (Å²) in [6, 6.07) is 6.81. The lowest BCUT2D eigenvalue weighted by molar-refractivity contribution is 0.0298. The molecule has 2 fully saturated rings. The van der Waals surface area contributed by atoms with Gasteiger partial charge in [-0.25, -0.2) is 13.4 Å². The molecule has 30 heavy (non-hydrogen) atoms. The van der Waals surface area contributed by atoms with E-state index in [4.69, 9.17) is 4.74 Å². The number of nitrogens with zero attached hydrogens (tertiary/aromatic N) is 2. The number of carbonyl (C=O) groups excluding carboxylic acids is 1. The highest BCUT2D eigenvalue weighted by Crippen LogP contribution is 2.56. The zero-order chi connectivity index (χ0) is 20.9. The first-order valence-corrected chi connectivity index (χ1v) is 12.3. The van der Waals surface area contributed by atoms with Gasteiger partial charge in [-0.3, -0.25) is 4.79 Å². The van der Waals surface area contributed by atoms with Crippen LogP contribution < -0.4 is 5.32 Å². The Morgan fingerprint density at radius 2 is 1.90 bits per heavy atom. The van der Waals surface area contributed by atoms with Gasteiger partial charge in [0.2, 0.25) is 0 Å². The summed E-state index contributed by atoms with van der Waals surface area (Å²) in [6.07, 6.45) is 6.21. The predicted molar refractivity (Wildman–Crippen MR) is 113 cm³/mol. The molecule has 2 heterocycles. The standard InChI is InChI=1S/C22H25N3O4S/c1-30(27,28)17-4-2-3-16(12-17)24-18-13-23-21(22(26)25-7-9-29-10-8-25)20-15-6-5-14(11-15)19(18)20/h2-4,12-15,24H,5-11H2,1H3. The minimum absolute atomic E-state index is 0.00674. The minimum atomic E-state index is -3.28. The van der Waals surface area contributed by atoms with Gasteiger partial charge in [0.15, 0.2) is 9.84 Å². The first-order valence-electron chi connectivity index (χ1n) is 10.4. The second-order valence-electron chi connectivity index (χ2n) is 8.38. The third-order valence-corrected chi connectivity index (χ3v) is 7.56. The van der Waals surface area contributed by atoms with Crippen molar-refractivity contribution in [2.45, 2.75) is 36.0 Å². The largest absolute Gasteiger partial charge is 0.378 e. The van der Waals surface area contributed by atoms with E-state index in [0.717, 1.165) is 30.5 Å². The molecule has 158 valence electrons. The summed E-state index contributed by atoms with van der Waals surface area (Å²) in [5.41, 5.74) is 4.43. The van der Waals surface area contributed by atoms with Crippen molar-refractivity contribution in [2.75, 3.05) is 37.9 Å². The molecule has 2 aliphatic carbocycles. The second kappa shape index (κ2) is 7.35. The summed E-state index contributed by atoms with van der Waals surface area (Å²) in [5.74, 6) is 0.791. The molecular weight excluding hydrogens is 402 g/mol. The van der Waals surface area contributed by atoms with Crippen molar-refractivity contribution in [3.05, 3.63) is 47.3 Å². The van der Waals surface area contributed by atoms with Gasteiger partial charge in [0.25, 0.3) is 5.91 Å². The smallest absolute Gasteiger partial charge is 0.272 e. The van der Waals surface area contributed by atoms with E-state index in [2.05, 4.69) is 10.3 Å². The van der Waals surface area contributed by atoms with Crippen LogP contribution in [0.1, 0.15) is 52.7 Å². The Balaban J connectivity index is 1.52. The lowest BCUT2D eigenvalue weighted by atomic mass is 9.89. The van der Waals surface area contributed by atoms with Crippen LogP contribution in [-0.2, 0) is 14.6 Å². The molecule has 0 radical (unpaired) electrons. The summed E-state index contributed by atoms with van der Waals surface area (Å²) < 4.78 is 29.2. The zero-order valence-corrected chi connectivity index (χ0v) is 17.7. The molecule has 1 saturated carbocycles. The lowest BCUT2D eigenvalue weighted by Gasteiger charge is -2.29. The number of hydrogen-bond acceptors (Lipinski definition) is 6. The number of hydrogen-bond donors (Lipinski definition) is 1.